The largest absolute Gasteiger partial charge is 0.448 e. The summed E-state index contributed by atoms with van der Waals surface area (Å²) in [6.45, 7) is 10.2. The van der Waals surface area contributed by atoms with E-state index in [-0.39, 0.29) is 23.9 Å². The van der Waals surface area contributed by atoms with Crippen molar-refractivity contribution in [1.29, 1.82) is 0 Å². The summed E-state index contributed by atoms with van der Waals surface area (Å²) in [5.41, 5.74) is 4.29. The van der Waals surface area contributed by atoms with E-state index in [2.05, 4.69) is 10.3 Å². The normalized spacial score (nSPS) is 22.6. The molecule has 0 bridgehead atoms. The first kappa shape index (κ1) is 22.3. The highest BCUT2D eigenvalue weighted by Gasteiger charge is 2.48. The minimum absolute atomic E-state index is 0.128. The molecule has 0 radical (unpaired) electrons. The number of rotatable bonds is 3. The molecule has 7 nitrogen and oxygen atoms in total. The first-order valence-electron chi connectivity index (χ1n) is 11.6. The van der Waals surface area contributed by atoms with Crippen LogP contribution < -0.4 is 20.3 Å². The standard InChI is InChI=1S/C25H30ClN3O4/c1-13-11-14(2)28-23(30)18(13)12-29-10-7-17-19(24(29)31)15(3)21-22(20(17)26)33-25(4,32-21)16-5-8-27-9-6-16/h11,16,27H,5-10,12H2,1-4H3,(H,28,30). The summed E-state index contributed by atoms with van der Waals surface area (Å²) >= 11 is 6.81. The molecular formula is C25H30ClN3O4. The summed E-state index contributed by atoms with van der Waals surface area (Å²) in [5.74, 6) is 0.442. The summed E-state index contributed by atoms with van der Waals surface area (Å²) in [4.78, 5) is 30.7. The van der Waals surface area contributed by atoms with Gasteiger partial charge in [-0.25, -0.2) is 0 Å². The fourth-order valence-corrected chi connectivity index (χ4v) is 5.77. The maximum Gasteiger partial charge on any atom is 0.254 e. The van der Waals surface area contributed by atoms with Crippen molar-refractivity contribution in [3.05, 3.63) is 55.0 Å². The molecule has 0 saturated carbocycles. The molecule has 0 aliphatic carbocycles. The number of benzene rings is 1. The molecule has 33 heavy (non-hydrogen) atoms. The molecule has 2 N–H and O–H groups in total. The number of nitrogens with zero attached hydrogens (tertiary/aromatic N) is 1. The topological polar surface area (TPSA) is 83.7 Å². The third kappa shape index (κ3) is 3.62. The molecular weight excluding hydrogens is 442 g/mol. The van der Waals surface area contributed by atoms with Crippen LogP contribution in [0, 0.1) is 26.7 Å². The number of carbonyl (C=O) groups excluding carboxylic acids is 1. The second-order valence-electron chi connectivity index (χ2n) is 9.61. The number of piperidine rings is 1. The van der Waals surface area contributed by atoms with Gasteiger partial charge in [-0.1, -0.05) is 11.6 Å². The van der Waals surface area contributed by atoms with Crippen molar-refractivity contribution in [3.63, 3.8) is 0 Å². The first-order chi connectivity index (χ1) is 15.7. The molecule has 8 heteroatoms. The number of fused-ring (bicyclic) bond motifs is 2. The van der Waals surface area contributed by atoms with Crippen molar-refractivity contribution in [2.24, 2.45) is 5.92 Å². The van der Waals surface area contributed by atoms with E-state index in [9.17, 15) is 9.59 Å². The van der Waals surface area contributed by atoms with Crippen molar-refractivity contribution >= 4 is 17.5 Å². The van der Waals surface area contributed by atoms with E-state index in [1.807, 2.05) is 33.8 Å². The molecule has 0 spiro atoms. The Bertz CT molecular complexity index is 1200. The minimum atomic E-state index is -0.794. The molecule has 176 valence electrons. The lowest BCUT2D eigenvalue weighted by Gasteiger charge is -2.35. The van der Waals surface area contributed by atoms with Crippen LogP contribution in [-0.4, -0.2) is 41.2 Å². The van der Waals surface area contributed by atoms with Gasteiger partial charge in [-0.2, -0.15) is 0 Å². The molecule has 1 aromatic carbocycles. The van der Waals surface area contributed by atoms with Crippen molar-refractivity contribution in [2.45, 2.75) is 59.3 Å². The maximum atomic E-state index is 13.6. The van der Waals surface area contributed by atoms with Crippen molar-refractivity contribution in [1.82, 2.24) is 15.2 Å². The van der Waals surface area contributed by atoms with Gasteiger partial charge in [0.15, 0.2) is 11.5 Å². The van der Waals surface area contributed by atoms with E-state index < -0.39 is 5.79 Å². The van der Waals surface area contributed by atoms with Crippen LogP contribution in [0.2, 0.25) is 5.02 Å². The van der Waals surface area contributed by atoms with E-state index in [4.69, 9.17) is 21.1 Å². The summed E-state index contributed by atoms with van der Waals surface area (Å²) in [5, 5.41) is 3.85. The van der Waals surface area contributed by atoms with Gasteiger partial charge in [-0.05, 0) is 70.3 Å². The van der Waals surface area contributed by atoms with Gasteiger partial charge in [-0.3, -0.25) is 9.59 Å². The van der Waals surface area contributed by atoms with Crippen LogP contribution in [0.1, 0.15) is 58.1 Å². The lowest BCUT2D eigenvalue weighted by atomic mass is 9.90. The summed E-state index contributed by atoms with van der Waals surface area (Å²) in [6, 6.07) is 1.93. The molecule has 4 heterocycles. The molecule has 1 atom stereocenters. The number of amides is 1. The van der Waals surface area contributed by atoms with Gasteiger partial charge in [0.05, 0.1) is 17.1 Å². The Hall–Kier alpha value is -2.51. The van der Waals surface area contributed by atoms with Gasteiger partial charge in [0.2, 0.25) is 0 Å². The van der Waals surface area contributed by atoms with E-state index in [1.54, 1.807) is 4.90 Å². The van der Waals surface area contributed by atoms with Crippen LogP contribution in [0.3, 0.4) is 0 Å². The Balaban J connectivity index is 1.49. The maximum absolute atomic E-state index is 13.6. The second-order valence-corrected chi connectivity index (χ2v) is 9.99. The number of ether oxygens (including phenoxy) is 2. The number of H-pyrrole nitrogens is 1. The lowest BCUT2D eigenvalue weighted by molar-refractivity contribution is -0.118. The molecule has 2 aromatic rings. The average molecular weight is 472 g/mol. The molecule has 5 rings (SSSR count). The number of hydrogen-bond donors (Lipinski definition) is 2. The van der Waals surface area contributed by atoms with Gasteiger partial charge in [0.25, 0.3) is 17.3 Å². The molecule has 3 aliphatic heterocycles. The fourth-order valence-electron chi connectivity index (χ4n) is 5.46. The first-order valence-corrected chi connectivity index (χ1v) is 12.0. The Morgan fingerprint density at radius 2 is 1.85 bits per heavy atom. The highest BCUT2D eigenvalue weighted by Crippen LogP contribution is 2.53. The number of hydrogen-bond acceptors (Lipinski definition) is 5. The van der Waals surface area contributed by atoms with Crippen molar-refractivity contribution < 1.29 is 14.3 Å². The number of nitrogens with one attached hydrogen (secondary N) is 2. The number of aromatic nitrogens is 1. The molecule has 1 aromatic heterocycles. The Kier molecular flexibility index (Phi) is 5.45. The van der Waals surface area contributed by atoms with Crippen LogP contribution in [0.5, 0.6) is 11.5 Å². The van der Waals surface area contributed by atoms with Crippen LogP contribution in [0.15, 0.2) is 10.9 Å². The van der Waals surface area contributed by atoms with Gasteiger partial charge < -0.3 is 24.7 Å². The van der Waals surface area contributed by atoms with Gasteiger partial charge in [0.1, 0.15) is 0 Å². The Morgan fingerprint density at radius 3 is 2.55 bits per heavy atom. The zero-order valence-corrected chi connectivity index (χ0v) is 20.3. The molecule has 1 amide bonds. The Morgan fingerprint density at radius 1 is 1.15 bits per heavy atom. The molecule has 1 saturated heterocycles. The number of pyridine rings is 1. The molecule has 1 unspecified atom stereocenters. The quantitative estimate of drug-likeness (QED) is 0.714. The predicted octanol–water partition coefficient (Wildman–Crippen LogP) is 3.64. The van der Waals surface area contributed by atoms with Crippen LogP contribution >= 0.6 is 11.6 Å². The molecule has 1 fully saturated rings. The number of aryl methyl sites for hydroxylation is 2. The Labute approximate surface area is 198 Å². The third-order valence-electron chi connectivity index (χ3n) is 7.35. The number of halogens is 1. The highest BCUT2D eigenvalue weighted by atomic mass is 35.5. The van der Waals surface area contributed by atoms with Crippen molar-refractivity contribution in [2.75, 3.05) is 19.6 Å². The number of carbonyl (C=O) groups is 1. The fraction of sp³-hybridized carbons (Fsp3) is 0.520. The van der Waals surface area contributed by atoms with Crippen LogP contribution in [0.4, 0.5) is 0 Å². The van der Waals surface area contributed by atoms with Crippen molar-refractivity contribution in [3.8, 4) is 11.5 Å². The lowest BCUT2D eigenvalue weighted by Crippen LogP contribution is -2.47. The summed E-state index contributed by atoms with van der Waals surface area (Å²) in [6.07, 6.45) is 2.51. The van der Waals surface area contributed by atoms with E-state index in [0.717, 1.165) is 48.3 Å². The zero-order chi connectivity index (χ0) is 23.5. The SMILES string of the molecule is Cc1cc(C)c(CN2CCc3c(Cl)c4c(c(C)c3C2=O)OC(C)(C2CCNCC2)O4)c(=O)[nH]1. The smallest absolute Gasteiger partial charge is 0.254 e. The third-order valence-corrected chi connectivity index (χ3v) is 7.75. The predicted molar refractivity (Wildman–Crippen MR) is 126 cm³/mol. The summed E-state index contributed by atoms with van der Waals surface area (Å²) in [7, 11) is 0. The molecule has 3 aliphatic rings. The second kappa shape index (κ2) is 8.06. The van der Waals surface area contributed by atoms with Crippen LogP contribution in [0.25, 0.3) is 0 Å². The average Bonchev–Trinajstić information content (AvgIpc) is 3.15. The van der Waals surface area contributed by atoms with E-state index >= 15 is 0 Å². The van der Waals surface area contributed by atoms with Crippen LogP contribution in [-0.2, 0) is 13.0 Å². The van der Waals surface area contributed by atoms with Gasteiger partial charge >= 0.3 is 0 Å². The van der Waals surface area contributed by atoms with Gasteiger partial charge in [-0.15, -0.1) is 0 Å². The minimum Gasteiger partial charge on any atom is -0.448 e. The number of aromatic amines is 1. The van der Waals surface area contributed by atoms with Gasteiger partial charge in [0, 0.05) is 36.2 Å². The zero-order valence-electron chi connectivity index (χ0n) is 19.6. The summed E-state index contributed by atoms with van der Waals surface area (Å²) < 4.78 is 12.8. The van der Waals surface area contributed by atoms with E-state index in [1.165, 1.54) is 0 Å². The highest BCUT2D eigenvalue weighted by molar-refractivity contribution is 6.34. The monoisotopic (exact) mass is 471 g/mol. The van der Waals surface area contributed by atoms with E-state index in [0.29, 0.717) is 40.6 Å².